The first kappa shape index (κ1) is 15.9. The highest BCUT2D eigenvalue weighted by atomic mass is 32.2. The van der Waals surface area contributed by atoms with Gasteiger partial charge < -0.3 is 10.2 Å². The molecule has 1 aromatic carbocycles. The molecule has 1 aliphatic rings. The van der Waals surface area contributed by atoms with E-state index in [1.807, 2.05) is 37.3 Å². The second-order valence-corrected chi connectivity index (χ2v) is 6.41. The number of benzene rings is 1. The summed E-state index contributed by atoms with van der Waals surface area (Å²) < 4.78 is 0. The summed E-state index contributed by atoms with van der Waals surface area (Å²) in [5, 5.41) is 2.85. The van der Waals surface area contributed by atoms with E-state index in [0.29, 0.717) is 13.0 Å². The number of hydrogen-bond donors (Lipinski definition) is 1. The number of carbonyl (C=O) groups is 2. The van der Waals surface area contributed by atoms with Crippen molar-refractivity contribution in [2.75, 3.05) is 18.1 Å². The average Bonchev–Trinajstić information content (AvgIpc) is 2.51. The van der Waals surface area contributed by atoms with E-state index in [1.165, 1.54) is 0 Å². The molecule has 1 fully saturated rings. The third-order valence-electron chi connectivity index (χ3n) is 3.66. The number of amides is 2. The summed E-state index contributed by atoms with van der Waals surface area (Å²) in [6.45, 7) is 4.63. The molecule has 0 radical (unpaired) electrons. The first-order valence-corrected chi connectivity index (χ1v) is 8.58. The molecule has 5 heteroatoms. The van der Waals surface area contributed by atoms with Gasteiger partial charge in [0.05, 0.1) is 0 Å². The molecular formula is C16H22N2O2S. The molecular weight excluding hydrogens is 284 g/mol. The Hall–Kier alpha value is -1.49. The van der Waals surface area contributed by atoms with Gasteiger partial charge in [0.25, 0.3) is 0 Å². The number of piperazine rings is 1. The van der Waals surface area contributed by atoms with E-state index in [9.17, 15) is 9.59 Å². The Morgan fingerprint density at radius 3 is 2.52 bits per heavy atom. The van der Waals surface area contributed by atoms with E-state index in [0.717, 1.165) is 17.1 Å². The first-order valence-electron chi connectivity index (χ1n) is 7.42. The Morgan fingerprint density at radius 1 is 1.19 bits per heavy atom. The van der Waals surface area contributed by atoms with E-state index < -0.39 is 6.04 Å². The molecule has 21 heavy (non-hydrogen) atoms. The van der Waals surface area contributed by atoms with Crippen LogP contribution in [-0.2, 0) is 9.59 Å². The van der Waals surface area contributed by atoms with E-state index >= 15 is 0 Å². The van der Waals surface area contributed by atoms with Crippen LogP contribution in [0, 0.1) is 0 Å². The number of hydrogen-bond acceptors (Lipinski definition) is 3. The number of thioether (sulfide) groups is 1. The van der Waals surface area contributed by atoms with Crippen molar-refractivity contribution in [2.45, 2.75) is 32.4 Å². The highest BCUT2D eigenvalue weighted by molar-refractivity contribution is 7.99. The maximum absolute atomic E-state index is 12.6. The van der Waals surface area contributed by atoms with Crippen LogP contribution in [0.4, 0.5) is 0 Å². The molecule has 0 aliphatic carbocycles. The Balaban J connectivity index is 2.25. The zero-order chi connectivity index (χ0) is 15.2. The number of nitrogens with one attached hydrogen (secondary N) is 1. The van der Waals surface area contributed by atoms with Crippen LogP contribution in [-0.4, -0.2) is 40.8 Å². The van der Waals surface area contributed by atoms with Crippen molar-refractivity contribution in [1.82, 2.24) is 10.2 Å². The zero-order valence-electron chi connectivity index (χ0n) is 12.5. The van der Waals surface area contributed by atoms with E-state index in [1.54, 1.807) is 16.7 Å². The van der Waals surface area contributed by atoms with Crippen LogP contribution in [0.15, 0.2) is 30.3 Å². The van der Waals surface area contributed by atoms with Crippen LogP contribution < -0.4 is 5.32 Å². The largest absolute Gasteiger partial charge is 0.342 e. The minimum Gasteiger partial charge on any atom is -0.342 e. The molecule has 1 N–H and O–H groups in total. The predicted molar refractivity (Wildman–Crippen MR) is 86.1 cm³/mol. The fraction of sp³-hybridized carbons (Fsp3) is 0.500. The quantitative estimate of drug-likeness (QED) is 0.820. The maximum atomic E-state index is 12.6. The van der Waals surface area contributed by atoms with Crippen molar-refractivity contribution in [3.63, 3.8) is 0 Å². The molecule has 0 spiro atoms. The Bertz CT molecular complexity index is 492. The van der Waals surface area contributed by atoms with Gasteiger partial charge in [0.1, 0.15) is 12.1 Å². The van der Waals surface area contributed by atoms with Gasteiger partial charge in [-0.3, -0.25) is 9.59 Å². The molecule has 1 saturated heterocycles. The summed E-state index contributed by atoms with van der Waals surface area (Å²) in [6.07, 6.45) is 0.628. The van der Waals surface area contributed by atoms with Crippen molar-refractivity contribution >= 4 is 23.6 Å². The molecule has 1 heterocycles. The molecule has 0 saturated carbocycles. The lowest BCUT2D eigenvalue weighted by Gasteiger charge is -2.39. The Kier molecular flexibility index (Phi) is 5.67. The van der Waals surface area contributed by atoms with Crippen LogP contribution >= 0.6 is 11.8 Å². The van der Waals surface area contributed by atoms with Crippen molar-refractivity contribution in [2.24, 2.45) is 0 Å². The second kappa shape index (κ2) is 7.50. The lowest BCUT2D eigenvalue weighted by Crippen LogP contribution is -2.59. The maximum Gasteiger partial charge on any atom is 0.248 e. The van der Waals surface area contributed by atoms with Crippen LogP contribution in [0.2, 0.25) is 0 Å². The van der Waals surface area contributed by atoms with Gasteiger partial charge in [0, 0.05) is 12.3 Å². The second-order valence-electron chi connectivity index (χ2n) is 5.01. The van der Waals surface area contributed by atoms with Crippen molar-refractivity contribution in [1.29, 1.82) is 0 Å². The van der Waals surface area contributed by atoms with Gasteiger partial charge in [-0.1, -0.05) is 44.2 Å². The Labute approximate surface area is 130 Å². The van der Waals surface area contributed by atoms with Crippen molar-refractivity contribution < 1.29 is 9.59 Å². The Morgan fingerprint density at radius 2 is 1.90 bits per heavy atom. The standard InChI is InChI=1S/C16H22N2O2S/c1-3-13-16(20)18(10-11-21-4-2)14(15(19)17-13)12-8-6-5-7-9-12/h5-9,13-14H,3-4,10-11H2,1-2H3,(H,17,19). The minimum atomic E-state index is -0.501. The lowest BCUT2D eigenvalue weighted by molar-refractivity contribution is -0.149. The summed E-state index contributed by atoms with van der Waals surface area (Å²) in [6, 6.07) is 8.64. The number of rotatable bonds is 6. The number of nitrogens with zero attached hydrogens (tertiary/aromatic N) is 1. The van der Waals surface area contributed by atoms with E-state index in [-0.39, 0.29) is 17.9 Å². The third-order valence-corrected chi connectivity index (χ3v) is 4.54. The van der Waals surface area contributed by atoms with Gasteiger partial charge >= 0.3 is 0 Å². The first-order chi connectivity index (χ1) is 10.2. The van der Waals surface area contributed by atoms with E-state index in [2.05, 4.69) is 12.2 Å². The molecule has 114 valence electrons. The molecule has 4 nitrogen and oxygen atoms in total. The van der Waals surface area contributed by atoms with E-state index in [4.69, 9.17) is 0 Å². The molecule has 2 atom stereocenters. The van der Waals surface area contributed by atoms with Crippen molar-refractivity contribution in [3.05, 3.63) is 35.9 Å². The van der Waals surface area contributed by atoms with Crippen LogP contribution in [0.3, 0.4) is 0 Å². The third kappa shape index (κ3) is 3.59. The fourth-order valence-electron chi connectivity index (χ4n) is 2.57. The van der Waals surface area contributed by atoms with Crippen LogP contribution in [0.5, 0.6) is 0 Å². The van der Waals surface area contributed by atoms with Crippen LogP contribution in [0.25, 0.3) is 0 Å². The molecule has 2 rings (SSSR count). The highest BCUT2D eigenvalue weighted by Crippen LogP contribution is 2.26. The summed E-state index contributed by atoms with van der Waals surface area (Å²) in [7, 11) is 0. The normalized spacial score (nSPS) is 22.3. The smallest absolute Gasteiger partial charge is 0.248 e. The molecule has 2 amide bonds. The molecule has 0 aromatic heterocycles. The average molecular weight is 306 g/mol. The molecule has 2 unspecified atom stereocenters. The van der Waals surface area contributed by atoms with Crippen LogP contribution in [0.1, 0.15) is 31.9 Å². The monoisotopic (exact) mass is 306 g/mol. The SMILES string of the molecule is CCSCCN1C(=O)C(CC)NC(=O)C1c1ccccc1. The van der Waals surface area contributed by atoms with Gasteiger partial charge in [-0.05, 0) is 17.7 Å². The van der Waals surface area contributed by atoms with Crippen molar-refractivity contribution in [3.8, 4) is 0 Å². The van der Waals surface area contributed by atoms with Gasteiger partial charge in [0.15, 0.2) is 0 Å². The summed E-state index contributed by atoms with van der Waals surface area (Å²) >= 11 is 1.79. The van der Waals surface area contributed by atoms with Gasteiger partial charge in [-0.25, -0.2) is 0 Å². The molecule has 1 aliphatic heterocycles. The van der Waals surface area contributed by atoms with Gasteiger partial charge in [-0.2, -0.15) is 11.8 Å². The predicted octanol–water partition coefficient (Wildman–Crippen LogP) is 2.22. The zero-order valence-corrected chi connectivity index (χ0v) is 13.4. The lowest BCUT2D eigenvalue weighted by atomic mass is 9.99. The summed E-state index contributed by atoms with van der Waals surface area (Å²) in [5.74, 6) is 1.83. The summed E-state index contributed by atoms with van der Waals surface area (Å²) in [5.41, 5.74) is 0.874. The minimum absolute atomic E-state index is 0.0302. The highest BCUT2D eigenvalue weighted by Gasteiger charge is 2.40. The summed E-state index contributed by atoms with van der Waals surface area (Å²) in [4.78, 5) is 26.8. The number of carbonyl (C=O) groups excluding carboxylic acids is 2. The topological polar surface area (TPSA) is 49.4 Å². The fourth-order valence-corrected chi connectivity index (χ4v) is 3.19. The molecule has 1 aromatic rings. The van der Waals surface area contributed by atoms with Gasteiger partial charge in [-0.15, -0.1) is 0 Å². The molecule has 0 bridgehead atoms. The van der Waals surface area contributed by atoms with Gasteiger partial charge in [0.2, 0.25) is 11.8 Å².